The standard InChI is InChI=1S/2C6H6.2Na.H2O3S2/c2*1-2-4-6-5-3-1;;;1-5(2,3)4/h2*1-6H;;;(H2,1,2,3,4)/q;;2*+1;/p-2. The summed E-state index contributed by atoms with van der Waals surface area (Å²) in [6, 6.07) is 24.0. The Bertz CT molecular complexity index is 372. The predicted molar refractivity (Wildman–Crippen MR) is 69.9 cm³/mol. The Hall–Kier alpha value is 0.730. The molecule has 3 nitrogen and oxygen atoms in total. The quantitative estimate of drug-likeness (QED) is 0.471. The Balaban J connectivity index is -0.000000193. The van der Waals surface area contributed by atoms with Gasteiger partial charge in [-0.05, 0) is 11.2 Å². The van der Waals surface area contributed by atoms with Crippen LogP contribution in [0, 0.1) is 0 Å². The van der Waals surface area contributed by atoms with E-state index < -0.39 is 9.05 Å². The topological polar surface area (TPSA) is 63.2 Å². The summed E-state index contributed by atoms with van der Waals surface area (Å²) in [6.07, 6.45) is 0. The largest absolute Gasteiger partial charge is 1.00 e. The molecule has 2 aromatic carbocycles. The van der Waals surface area contributed by atoms with Crippen molar-refractivity contribution in [1.29, 1.82) is 0 Å². The van der Waals surface area contributed by atoms with Gasteiger partial charge < -0.3 is 9.11 Å². The number of benzene rings is 2. The van der Waals surface area contributed by atoms with Gasteiger partial charge in [0.2, 0.25) is 0 Å². The van der Waals surface area contributed by atoms with Gasteiger partial charge in [0.05, 0.1) is 0 Å². The molecule has 0 heterocycles. The molecule has 0 amide bonds. The van der Waals surface area contributed by atoms with Crippen molar-refractivity contribution in [2.45, 2.75) is 0 Å². The molecule has 0 fully saturated rings. The fourth-order valence-electron chi connectivity index (χ4n) is 0.770. The van der Waals surface area contributed by atoms with E-state index in [2.05, 4.69) is 11.2 Å². The third-order valence-electron chi connectivity index (χ3n) is 1.33. The van der Waals surface area contributed by atoms with Gasteiger partial charge in [0.15, 0.2) is 0 Å². The van der Waals surface area contributed by atoms with E-state index in [1.54, 1.807) is 0 Å². The summed E-state index contributed by atoms with van der Waals surface area (Å²) in [6.45, 7) is 0. The predicted octanol–water partition coefficient (Wildman–Crippen LogP) is -3.63. The Kier molecular flexibility index (Phi) is 21.8. The van der Waals surface area contributed by atoms with Crippen LogP contribution in [-0.4, -0.2) is 13.3 Å². The van der Waals surface area contributed by atoms with Gasteiger partial charge in [-0.15, -0.1) is 9.05 Å². The van der Waals surface area contributed by atoms with E-state index in [0.717, 1.165) is 0 Å². The molecule has 2 aromatic rings. The van der Waals surface area contributed by atoms with Gasteiger partial charge in [0, 0.05) is 0 Å². The smallest absolute Gasteiger partial charge is 0.780 e. The van der Waals surface area contributed by atoms with Crippen LogP contribution in [-0.2, 0) is 20.2 Å². The third kappa shape index (κ3) is 32.3. The number of hydrogen-bond acceptors (Lipinski definition) is 4. The number of hydrogen-bond donors (Lipinski definition) is 0. The maximum atomic E-state index is 8.89. The average molecular weight is 314 g/mol. The second-order valence-electron chi connectivity index (χ2n) is 2.72. The van der Waals surface area contributed by atoms with Crippen molar-refractivity contribution in [3.05, 3.63) is 72.8 Å². The van der Waals surface area contributed by atoms with E-state index >= 15 is 0 Å². The molecule has 0 N–H and O–H groups in total. The van der Waals surface area contributed by atoms with Crippen LogP contribution in [0.2, 0.25) is 0 Å². The Labute approximate surface area is 163 Å². The summed E-state index contributed by atoms with van der Waals surface area (Å²) < 4.78 is 26.7. The van der Waals surface area contributed by atoms with Crippen molar-refractivity contribution in [2.24, 2.45) is 0 Å². The molecule has 0 aliphatic carbocycles. The van der Waals surface area contributed by atoms with Gasteiger partial charge in [-0.1, -0.05) is 72.8 Å². The SMILES string of the molecule is O=S([O-])([O-])=S.[Na+].[Na+].c1ccccc1.c1ccccc1. The monoisotopic (exact) mass is 314 g/mol. The summed E-state index contributed by atoms with van der Waals surface area (Å²) in [7, 11) is -4.33. The average Bonchev–Trinajstić information content (AvgIpc) is 2.32. The molecular weight excluding hydrogens is 302 g/mol. The minimum atomic E-state index is -4.33. The van der Waals surface area contributed by atoms with Crippen molar-refractivity contribution in [2.75, 3.05) is 0 Å². The van der Waals surface area contributed by atoms with E-state index in [0.29, 0.717) is 0 Å². The van der Waals surface area contributed by atoms with Crippen molar-refractivity contribution in [1.82, 2.24) is 0 Å². The normalized spacial score (nSPS) is 8.11. The summed E-state index contributed by atoms with van der Waals surface area (Å²) in [5.41, 5.74) is 0. The molecule has 0 unspecified atom stereocenters. The molecule has 0 aromatic heterocycles. The second-order valence-corrected chi connectivity index (χ2v) is 4.76. The van der Waals surface area contributed by atoms with Gasteiger partial charge in [-0.3, -0.25) is 4.21 Å². The van der Waals surface area contributed by atoms with E-state index in [-0.39, 0.29) is 59.1 Å². The molecule has 0 aliphatic rings. The van der Waals surface area contributed by atoms with Crippen LogP contribution in [0.15, 0.2) is 72.8 Å². The molecular formula is C12H12Na2O3S2. The zero-order chi connectivity index (χ0) is 13.0. The second kappa shape index (κ2) is 16.8. The van der Waals surface area contributed by atoms with Crippen molar-refractivity contribution < 1.29 is 72.4 Å². The molecule has 0 atom stereocenters. The molecule has 0 saturated heterocycles. The minimum Gasteiger partial charge on any atom is -0.780 e. The molecule has 0 radical (unpaired) electrons. The van der Waals surface area contributed by atoms with Crippen LogP contribution < -0.4 is 59.1 Å². The fraction of sp³-hybridized carbons (Fsp3) is 0. The molecule has 0 bridgehead atoms. The van der Waals surface area contributed by atoms with Crippen LogP contribution in [0.3, 0.4) is 0 Å². The fourth-order valence-corrected chi connectivity index (χ4v) is 0.770. The van der Waals surface area contributed by atoms with Crippen LogP contribution in [0.5, 0.6) is 0 Å². The Morgan fingerprint density at radius 3 is 0.684 bits per heavy atom. The summed E-state index contributed by atoms with van der Waals surface area (Å²) in [4.78, 5) is 0. The van der Waals surface area contributed by atoms with Gasteiger partial charge in [-0.25, -0.2) is 0 Å². The van der Waals surface area contributed by atoms with Crippen LogP contribution >= 0.6 is 0 Å². The van der Waals surface area contributed by atoms with E-state index in [9.17, 15) is 0 Å². The molecule has 7 heteroatoms. The zero-order valence-corrected chi connectivity index (χ0v) is 16.6. The minimum absolute atomic E-state index is 0. The van der Waals surface area contributed by atoms with Crippen LogP contribution in [0.4, 0.5) is 0 Å². The summed E-state index contributed by atoms with van der Waals surface area (Å²) in [5.74, 6) is 0. The van der Waals surface area contributed by atoms with Crippen molar-refractivity contribution in [3.8, 4) is 0 Å². The first-order valence-corrected chi connectivity index (χ1v) is 7.00. The van der Waals surface area contributed by atoms with E-state index in [1.165, 1.54) is 0 Å². The van der Waals surface area contributed by atoms with Crippen LogP contribution in [0.25, 0.3) is 0 Å². The molecule has 92 valence electrons. The maximum absolute atomic E-state index is 8.89. The molecule has 0 spiro atoms. The first-order valence-electron chi connectivity index (χ1n) is 4.67. The summed E-state index contributed by atoms with van der Waals surface area (Å²) >= 11 is 3.24. The molecule has 2 rings (SSSR count). The molecule has 0 saturated carbocycles. The van der Waals surface area contributed by atoms with E-state index in [4.69, 9.17) is 13.3 Å². The Morgan fingerprint density at radius 2 is 0.632 bits per heavy atom. The van der Waals surface area contributed by atoms with Crippen molar-refractivity contribution >= 4 is 20.2 Å². The van der Waals surface area contributed by atoms with Gasteiger partial charge in [0.25, 0.3) is 0 Å². The Morgan fingerprint density at radius 1 is 0.579 bits per heavy atom. The third-order valence-corrected chi connectivity index (χ3v) is 1.33. The van der Waals surface area contributed by atoms with Crippen LogP contribution in [0.1, 0.15) is 0 Å². The summed E-state index contributed by atoms with van der Waals surface area (Å²) in [5, 5.41) is 0. The number of rotatable bonds is 0. The maximum Gasteiger partial charge on any atom is 1.00 e. The van der Waals surface area contributed by atoms with Crippen molar-refractivity contribution in [3.63, 3.8) is 0 Å². The zero-order valence-electron chi connectivity index (χ0n) is 11.0. The van der Waals surface area contributed by atoms with Gasteiger partial charge >= 0.3 is 59.1 Å². The van der Waals surface area contributed by atoms with Gasteiger partial charge in [0.1, 0.15) is 0 Å². The first-order chi connectivity index (χ1) is 8.00. The van der Waals surface area contributed by atoms with E-state index in [1.807, 2.05) is 72.8 Å². The molecule has 0 aliphatic heterocycles. The van der Waals surface area contributed by atoms with Gasteiger partial charge in [-0.2, -0.15) is 0 Å². The first kappa shape index (κ1) is 24.7. The molecule has 19 heavy (non-hydrogen) atoms.